The molecule has 0 bridgehead atoms. The molecule has 1 aromatic carbocycles. The summed E-state index contributed by atoms with van der Waals surface area (Å²) < 4.78 is 0. The van der Waals surface area contributed by atoms with Gasteiger partial charge in [0.25, 0.3) is 0 Å². The molecule has 1 aromatic rings. The lowest BCUT2D eigenvalue weighted by Gasteiger charge is -2.35. The Morgan fingerprint density at radius 3 is 2.54 bits per heavy atom. The molecule has 1 heterocycles. The number of carbonyl (C=O) groups is 1. The Morgan fingerprint density at radius 2 is 1.96 bits per heavy atom. The third-order valence-corrected chi connectivity index (χ3v) is 9.06. The highest BCUT2D eigenvalue weighted by Gasteiger charge is 2.38. The van der Waals surface area contributed by atoms with Crippen LogP contribution in [0.4, 0.5) is 10.5 Å². The SMILES string of the molecule is [B]c1ccc(N2CCN(CCCC(C)(C)[Si](C)(C)O)C2=O)c(C)c1. The van der Waals surface area contributed by atoms with Gasteiger partial charge in [-0.2, -0.15) is 0 Å². The number of carbonyl (C=O) groups excluding carboxylic acids is 1. The molecule has 2 rings (SSSR count). The van der Waals surface area contributed by atoms with Crippen LogP contribution in [-0.2, 0) is 0 Å². The minimum absolute atomic E-state index is 0.0387. The zero-order valence-corrected chi connectivity index (χ0v) is 16.6. The normalized spacial score (nSPS) is 16.2. The zero-order chi connectivity index (χ0) is 18.1. The maximum atomic E-state index is 12.7. The van der Waals surface area contributed by atoms with Crippen molar-refractivity contribution in [2.24, 2.45) is 0 Å². The number of benzene rings is 1. The van der Waals surface area contributed by atoms with E-state index in [1.807, 2.05) is 48.0 Å². The predicted molar refractivity (Wildman–Crippen MR) is 104 cm³/mol. The first-order valence-corrected chi connectivity index (χ1v) is 11.6. The fourth-order valence-electron chi connectivity index (χ4n) is 3.01. The molecule has 2 amide bonds. The standard InChI is InChI=1S/C18H29BN2O2Si/c1-14-13-15(19)7-8-16(14)21-12-11-20(17(21)22)10-6-9-18(2,3)24(4,5)23/h7-8,13,23H,6,9-12H2,1-5H3. The Balaban J connectivity index is 1.95. The Labute approximate surface area is 148 Å². The van der Waals surface area contributed by atoms with Crippen LogP contribution in [0.25, 0.3) is 0 Å². The molecule has 6 heteroatoms. The van der Waals surface area contributed by atoms with Gasteiger partial charge in [-0.1, -0.05) is 31.4 Å². The summed E-state index contributed by atoms with van der Waals surface area (Å²) in [6.45, 7) is 12.4. The van der Waals surface area contributed by atoms with E-state index in [1.165, 1.54) is 0 Å². The Hall–Kier alpha value is -1.27. The third-order valence-electron chi connectivity index (χ3n) is 5.49. The minimum atomic E-state index is -2.18. The van der Waals surface area contributed by atoms with E-state index in [2.05, 4.69) is 13.8 Å². The molecule has 0 atom stereocenters. The second-order valence-electron chi connectivity index (χ2n) is 8.01. The van der Waals surface area contributed by atoms with Gasteiger partial charge in [0.1, 0.15) is 7.85 Å². The second kappa shape index (κ2) is 6.92. The smallest absolute Gasteiger partial charge is 0.324 e. The number of hydrogen-bond acceptors (Lipinski definition) is 2. The van der Waals surface area contributed by atoms with E-state index in [0.717, 1.165) is 42.6 Å². The number of rotatable bonds is 6. The molecule has 1 saturated heterocycles. The van der Waals surface area contributed by atoms with Gasteiger partial charge in [-0.25, -0.2) is 4.79 Å². The Morgan fingerprint density at radius 1 is 1.29 bits per heavy atom. The number of hydrogen-bond donors (Lipinski definition) is 1. The lowest BCUT2D eigenvalue weighted by atomic mass is 9.94. The summed E-state index contributed by atoms with van der Waals surface area (Å²) in [5, 5.41) is -0.0387. The first-order valence-electron chi connectivity index (χ1n) is 8.68. The molecule has 1 aliphatic heterocycles. The molecule has 0 aliphatic carbocycles. The Kier molecular flexibility index (Phi) is 5.50. The van der Waals surface area contributed by atoms with Gasteiger partial charge in [0.05, 0.1) is 0 Å². The van der Waals surface area contributed by atoms with Crippen LogP contribution in [0.2, 0.25) is 18.1 Å². The molecule has 24 heavy (non-hydrogen) atoms. The molecule has 0 unspecified atom stereocenters. The highest BCUT2D eigenvalue weighted by atomic mass is 28.4. The molecule has 0 spiro atoms. The summed E-state index contributed by atoms with van der Waals surface area (Å²) in [5.41, 5.74) is 2.69. The largest absolute Gasteiger partial charge is 0.432 e. The van der Waals surface area contributed by atoms with Crippen molar-refractivity contribution in [3.8, 4) is 0 Å². The summed E-state index contributed by atoms with van der Waals surface area (Å²) >= 11 is 0. The van der Waals surface area contributed by atoms with E-state index in [4.69, 9.17) is 7.85 Å². The fraction of sp³-hybridized carbons (Fsp3) is 0.611. The van der Waals surface area contributed by atoms with Crippen molar-refractivity contribution in [2.45, 2.75) is 51.7 Å². The average molecular weight is 344 g/mol. The number of nitrogens with zero attached hydrogens (tertiary/aromatic N) is 2. The lowest BCUT2D eigenvalue weighted by Crippen LogP contribution is -2.39. The van der Waals surface area contributed by atoms with Gasteiger partial charge in [0.2, 0.25) is 0 Å². The topological polar surface area (TPSA) is 43.8 Å². The van der Waals surface area contributed by atoms with Gasteiger partial charge < -0.3 is 9.70 Å². The van der Waals surface area contributed by atoms with Crippen LogP contribution in [0.3, 0.4) is 0 Å². The molecule has 1 N–H and O–H groups in total. The van der Waals surface area contributed by atoms with Crippen LogP contribution in [0.15, 0.2) is 18.2 Å². The van der Waals surface area contributed by atoms with Crippen molar-refractivity contribution >= 4 is 33.3 Å². The minimum Gasteiger partial charge on any atom is -0.432 e. The van der Waals surface area contributed by atoms with Crippen LogP contribution >= 0.6 is 0 Å². The van der Waals surface area contributed by atoms with Crippen LogP contribution in [-0.4, -0.2) is 51.5 Å². The summed E-state index contributed by atoms with van der Waals surface area (Å²) in [4.78, 5) is 26.8. The molecule has 130 valence electrons. The van der Waals surface area contributed by atoms with Gasteiger partial charge in [-0.05, 0) is 49.5 Å². The highest BCUT2D eigenvalue weighted by molar-refractivity contribution is 6.72. The number of anilines is 1. The van der Waals surface area contributed by atoms with Crippen molar-refractivity contribution in [3.05, 3.63) is 23.8 Å². The first kappa shape index (κ1) is 19.1. The van der Waals surface area contributed by atoms with Gasteiger partial charge >= 0.3 is 6.03 Å². The molecular formula is C18H29BN2O2Si. The maximum Gasteiger partial charge on any atom is 0.324 e. The van der Waals surface area contributed by atoms with Crippen molar-refractivity contribution < 1.29 is 9.59 Å². The molecule has 0 aromatic heterocycles. The summed E-state index contributed by atoms with van der Waals surface area (Å²) in [6, 6.07) is 5.74. The van der Waals surface area contributed by atoms with E-state index in [9.17, 15) is 9.59 Å². The molecular weight excluding hydrogens is 315 g/mol. The van der Waals surface area contributed by atoms with E-state index < -0.39 is 8.32 Å². The van der Waals surface area contributed by atoms with Crippen molar-refractivity contribution in [3.63, 3.8) is 0 Å². The van der Waals surface area contributed by atoms with Crippen LogP contribution in [0, 0.1) is 6.92 Å². The molecule has 0 saturated carbocycles. The predicted octanol–water partition coefficient (Wildman–Crippen LogP) is 2.79. The van der Waals surface area contributed by atoms with Gasteiger partial charge in [-0.3, -0.25) is 4.90 Å². The molecule has 1 aliphatic rings. The zero-order valence-electron chi connectivity index (χ0n) is 15.6. The number of urea groups is 1. The quantitative estimate of drug-likeness (QED) is 0.807. The van der Waals surface area contributed by atoms with Crippen molar-refractivity contribution in [1.82, 2.24) is 4.90 Å². The first-order chi connectivity index (χ1) is 11.0. The van der Waals surface area contributed by atoms with E-state index >= 15 is 0 Å². The van der Waals surface area contributed by atoms with Gasteiger partial charge in [0, 0.05) is 25.3 Å². The summed E-state index contributed by atoms with van der Waals surface area (Å²) in [7, 11) is 3.62. The lowest BCUT2D eigenvalue weighted by molar-refractivity contribution is 0.219. The molecule has 2 radical (unpaired) electrons. The Bertz CT molecular complexity index is 614. The van der Waals surface area contributed by atoms with E-state index in [0.29, 0.717) is 6.54 Å². The highest BCUT2D eigenvalue weighted by Crippen LogP contribution is 2.39. The third kappa shape index (κ3) is 4.03. The maximum absolute atomic E-state index is 12.7. The van der Waals surface area contributed by atoms with E-state index in [1.54, 1.807) is 0 Å². The number of amides is 2. The van der Waals surface area contributed by atoms with Crippen LogP contribution < -0.4 is 10.4 Å². The van der Waals surface area contributed by atoms with Crippen LogP contribution in [0.5, 0.6) is 0 Å². The number of aryl methyl sites for hydroxylation is 1. The summed E-state index contributed by atoms with van der Waals surface area (Å²) in [6.07, 6.45) is 1.86. The molecule has 4 nitrogen and oxygen atoms in total. The van der Waals surface area contributed by atoms with E-state index in [-0.39, 0.29) is 11.1 Å². The van der Waals surface area contributed by atoms with Gasteiger partial charge in [0.15, 0.2) is 8.32 Å². The van der Waals surface area contributed by atoms with Crippen molar-refractivity contribution in [1.29, 1.82) is 0 Å². The molecule has 1 fully saturated rings. The van der Waals surface area contributed by atoms with Crippen LogP contribution in [0.1, 0.15) is 32.3 Å². The van der Waals surface area contributed by atoms with Crippen molar-refractivity contribution in [2.75, 3.05) is 24.5 Å². The monoisotopic (exact) mass is 344 g/mol. The fourth-order valence-corrected chi connectivity index (χ4v) is 3.80. The summed E-state index contributed by atoms with van der Waals surface area (Å²) in [5.74, 6) is 0. The average Bonchev–Trinajstić information content (AvgIpc) is 2.79. The second-order valence-corrected chi connectivity index (χ2v) is 12.5. The van der Waals surface area contributed by atoms with Gasteiger partial charge in [-0.15, -0.1) is 0 Å².